The van der Waals surface area contributed by atoms with Gasteiger partial charge in [-0.25, -0.2) is 0 Å². The van der Waals surface area contributed by atoms with Crippen LogP contribution in [0.5, 0.6) is 5.75 Å². The molecule has 16 unspecified atom stereocenters. The van der Waals surface area contributed by atoms with Gasteiger partial charge in [0, 0.05) is 43.7 Å². The van der Waals surface area contributed by atoms with Gasteiger partial charge in [-0.2, -0.15) is 0 Å². The molecule has 442 valence electrons. The quantitative estimate of drug-likeness (QED) is 0.0781. The molecule has 0 radical (unpaired) electrons. The van der Waals surface area contributed by atoms with Gasteiger partial charge in [0.2, 0.25) is 41.4 Å². The number of aromatic hydroxyl groups is 1. The fourth-order valence-corrected chi connectivity index (χ4v) is 10.5. The molecule has 3 rings (SSSR count). The summed E-state index contributed by atoms with van der Waals surface area (Å²) in [5.41, 5.74) is 5.33. The van der Waals surface area contributed by atoms with Crippen LogP contribution < -0.4 is 32.3 Å². The number of rotatable bonds is 21. The minimum atomic E-state index is -2.24. The number of aliphatic hydroxyl groups excluding tert-OH is 6. The van der Waals surface area contributed by atoms with Crippen LogP contribution in [0.3, 0.4) is 0 Å². The highest BCUT2D eigenvalue weighted by Gasteiger charge is 2.45. The van der Waals surface area contributed by atoms with Gasteiger partial charge in [0.05, 0.1) is 30.7 Å². The zero-order valence-electron chi connectivity index (χ0n) is 46.9. The normalized spacial score (nSPS) is 28.8. The number of aliphatic hydroxyl groups is 6. The largest absolute Gasteiger partial charge is 0.508 e. The summed E-state index contributed by atoms with van der Waals surface area (Å²) in [4.78, 5) is 111. The van der Waals surface area contributed by atoms with Crippen LogP contribution in [0.2, 0.25) is 0 Å². The molecule has 2 heterocycles. The van der Waals surface area contributed by atoms with E-state index >= 15 is 0 Å². The van der Waals surface area contributed by atoms with E-state index in [2.05, 4.69) is 47.4 Å². The van der Waals surface area contributed by atoms with Gasteiger partial charge in [0.15, 0.2) is 5.78 Å². The lowest BCUT2D eigenvalue weighted by molar-refractivity contribution is -0.144. The SMILES string of the molecule is CCC(C)CC(C)CCCCCCCCC(=O)NC1CC(=O)NC(CC)C(=O)N2CC(O)CC2C(=O)NC(C(O)C(O)c2ccc(O)cc2)C(=O)NC(C(O)CC(N)=O)C(=O)C(C)CCC(O)C(CC)C(=O)NC(O)C(C)C1. The molecular weight excluding hydrogens is 1010 g/mol. The number of hydrogen-bond donors (Lipinski definition) is 13. The highest BCUT2D eigenvalue weighted by molar-refractivity contribution is 5.97. The molecule has 22 heteroatoms. The molecule has 2 aliphatic heterocycles. The maximum absolute atomic E-state index is 14.4. The first-order valence-electron chi connectivity index (χ1n) is 28.3. The molecule has 2 saturated heterocycles. The van der Waals surface area contributed by atoms with Crippen molar-refractivity contribution in [2.24, 2.45) is 35.3 Å². The van der Waals surface area contributed by atoms with Crippen molar-refractivity contribution < 1.29 is 74.1 Å². The summed E-state index contributed by atoms with van der Waals surface area (Å²) in [6.07, 6.45) is -2.80. The lowest BCUT2D eigenvalue weighted by Crippen LogP contribution is -2.62. The molecule has 78 heavy (non-hydrogen) atoms. The van der Waals surface area contributed by atoms with Gasteiger partial charge in [-0.1, -0.05) is 106 Å². The van der Waals surface area contributed by atoms with Gasteiger partial charge in [-0.3, -0.25) is 38.4 Å². The number of phenolic OH excluding ortho intramolecular Hbond substituents is 1. The monoisotopic (exact) mass is 1100 g/mol. The van der Waals surface area contributed by atoms with Gasteiger partial charge in [-0.05, 0) is 74.5 Å². The molecule has 2 fully saturated rings. The van der Waals surface area contributed by atoms with Crippen LogP contribution in [0, 0.1) is 29.6 Å². The third kappa shape index (κ3) is 21.4. The van der Waals surface area contributed by atoms with Crippen molar-refractivity contribution in [1.82, 2.24) is 31.5 Å². The van der Waals surface area contributed by atoms with E-state index in [1.807, 2.05) is 0 Å². The maximum atomic E-state index is 14.4. The van der Waals surface area contributed by atoms with Gasteiger partial charge in [0.1, 0.15) is 48.4 Å². The Kier molecular flexibility index (Phi) is 28.7. The van der Waals surface area contributed by atoms with Crippen molar-refractivity contribution in [2.75, 3.05) is 6.54 Å². The Balaban J connectivity index is 1.98. The highest BCUT2D eigenvalue weighted by Crippen LogP contribution is 2.27. The number of nitrogens with one attached hydrogen (secondary N) is 5. The highest BCUT2D eigenvalue weighted by atomic mass is 16.3. The van der Waals surface area contributed by atoms with Crippen LogP contribution in [0.25, 0.3) is 0 Å². The Morgan fingerprint density at radius 3 is 2.01 bits per heavy atom. The summed E-state index contributed by atoms with van der Waals surface area (Å²) in [5, 5.41) is 90.4. The minimum Gasteiger partial charge on any atom is -0.508 e. The number of carbonyl (C=O) groups excluding carboxylic acids is 8. The number of nitrogens with zero attached hydrogens (tertiary/aromatic N) is 1. The van der Waals surface area contributed by atoms with E-state index in [-0.39, 0.29) is 68.6 Å². The molecule has 0 bridgehead atoms. The van der Waals surface area contributed by atoms with Gasteiger partial charge >= 0.3 is 0 Å². The predicted molar refractivity (Wildman–Crippen MR) is 289 cm³/mol. The summed E-state index contributed by atoms with van der Waals surface area (Å²) >= 11 is 0. The summed E-state index contributed by atoms with van der Waals surface area (Å²) in [6.45, 7) is 12.6. The van der Waals surface area contributed by atoms with E-state index in [4.69, 9.17) is 5.73 Å². The van der Waals surface area contributed by atoms with Crippen molar-refractivity contribution in [3.63, 3.8) is 0 Å². The standard InChI is InChI=1S/C56H93N7O15/c1-8-31(4)25-32(5)17-15-13-11-12-14-16-18-45(69)58-36-26-34(7)52(74)62-53(75)39(9-2)42(66)24-19-33(6)49(71)47(43(67)29-44(57)68)60-55(77)48(51(73)50(72)35-20-22-37(64)23-21-35)61-54(76)41-28-38(65)30-63(41)56(78)40(10-3)59-46(70)27-36/h20-23,31-34,36,38-43,47-48,50-52,64-67,72-74H,8-19,24-30H2,1-7H3,(H2,57,68)(H,58,69)(H,59,70)(H,60,77)(H,61,76)(H,62,75). The second kappa shape index (κ2) is 33.4. The number of amides is 7. The number of ketones is 1. The molecule has 2 aliphatic rings. The van der Waals surface area contributed by atoms with Crippen LogP contribution >= 0.6 is 0 Å². The molecule has 1 aromatic rings. The van der Waals surface area contributed by atoms with E-state index in [1.54, 1.807) is 20.8 Å². The second-order valence-corrected chi connectivity index (χ2v) is 22.3. The number of nitrogens with two attached hydrogens (primary N) is 1. The summed E-state index contributed by atoms with van der Waals surface area (Å²) < 4.78 is 0. The van der Waals surface area contributed by atoms with Crippen molar-refractivity contribution in [2.45, 2.75) is 231 Å². The number of primary amides is 1. The predicted octanol–water partition coefficient (Wildman–Crippen LogP) is 1.76. The van der Waals surface area contributed by atoms with E-state index < -0.39 is 139 Å². The topological polar surface area (TPSA) is 368 Å². The van der Waals surface area contributed by atoms with Crippen molar-refractivity contribution in [1.29, 1.82) is 0 Å². The Morgan fingerprint density at radius 1 is 0.769 bits per heavy atom. The van der Waals surface area contributed by atoms with Crippen molar-refractivity contribution >= 4 is 47.1 Å². The lowest BCUT2D eigenvalue weighted by Gasteiger charge is -2.33. The van der Waals surface area contributed by atoms with E-state index in [0.29, 0.717) is 12.3 Å². The number of benzene rings is 1. The van der Waals surface area contributed by atoms with Gasteiger partial charge < -0.3 is 73.0 Å². The van der Waals surface area contributed by atoms with Crippen molar-refractivity contribution in [3.05, 3.63) is 29.8 Å². The smallest absolute Gasteiger partial charge is 0.246 e. The number of fused-ring (bicyclic) bond motifs is 1. The maximum Gasteiger partial charge on any atom is 0.246 e. The first kappa shape index (κ1) is 67.0. The van der Waals surface area contributed by atoms with E-state index in [1.165, 1.54) is 50.5 Å². The fourth-order valence-electron chi connectivity index (χ4n) is 10.5. The first-order valence-corrected chi connectivity index (χ1v) is 28.3. The zero-order valence-corrected chi connectivity index (χ0v) is 46.9. The average Bonchev–Trinajstić information content (AvgIpc) is 3.79. The van der Waals surface area contributed by atoms with E-state index in [0.717, 1.165) is 42.9 Å². The molecule has 0 aliphatic carbocycles. The Hall–Kier alpha value is -5.26. The third-order valence-electron chi connectivity index (χ3n) is 15.5. The third-order valence-corrected chi connectivity index (χ3v) is 15.5. The van der Waals surface area contributed by atoms with Crippen LogP contribution in [0.4, 0.5) is 0 Å². The molecule has 16 atom stereocenters. The molecule has 0 saturated carbocycles. The number of carbonyl (C=O) groups is 8. The molecule has 7 amide bonds. The number of phenols is 1. The second-order valence-electron chi connectivity index (χ2n) is 22.3. The van der Waals surface area contributed by atoms with Crippen LogP contribution in [-0.4, -0.2) is 155 Å². The van der Waals surface area contributed by atoms with Crippen LogP contribution in [-0.2, 0) is 38.4 Å². The Labute approximate surface area is 459 Å². The Bertz CT molecular complexity index is 2100. The summed E-state index contributed by atoms with van der Waals surface area (Å²) in [5.74, 6) is -8.79. The summed E-state index contributed by atoms with van der Waals surface area (Å²) in [6, 6.07) is -3.06. The minimum absolute atomic E-state index is 0.0186. The zero-order chi connectivity index (χ0) is 58.4. The van der Waals surface area contributed by atoms with Crippen LogP contribution in [0.15, 0.2) is 24.3 Å². The number of unbranched alkanes of at least 4 members (excludes halogenated alkanes) is 5. The molecule has 22 nitrogen and oxygen atoms in total. The number of Topliss-reactive ketones (excluding diaryl/α,β-unsaturated/α-hetero) is 1. The molecule has 14 N–H and O–H groups in total. The average molecular weight is 1100 g/mol. The molecule has 0 aromatic heterocycles. The molecule has 1 aromatic carbocycles. The van der Waals surface area contributed by atoms with E-state index in [9.17, 15) is 74.1 Å². The molecular formula is C56H93N7O15. The summed E-state index contributed by atoms with van der Waals surface area (Å²) in [7, 11) is 0. The Morgan fingerprint density at radius 2 is 1.40 bits per heavy atom. The fraction of sp³-hybridized carbons (Fsp3) is 0.750. The van der Waals surface area contributed by atoms with Crippen LogP contribution in [0.1, 0.15) is 176 Å². The molecule has 0 spiro atoms. The van der Waals surface area contributed by atoms with Gasteiger partial charge in [0.25, 0.3) is 0 Å². The first-order chi connectivity index (χ1) is 36.8. The lowest BCUT2D eigenvalue weighted by atomic mass is 9.87. The van der Waals surface area contributed by atoms with Gasteiger partial charge in [-0.15, -0.1) is 0 Å². The van der Waals surface area contributed by atoms with Crippen molar-refractivity contribution in [3.8, 4) is 5.75 Å². The number of hydrogen-bond acceptors (Lipinski definition) is 15.